The van der Waals surface area contributed by atoms with Crippen LogP contribution < -0.4 is 0 Å². The molecule has 0 amide bonds. The van der Waals surface area contributed by atoms with E-state index in [1.165, 1.54) is 25.3 Å². The second-order valence-electron chi connectivity index (χ2n) is 8.12. The number of aromatic nitrogens is 5. The first-order valence-electron chi connectivity index (χ1n) is 10.4. The van der Waals surface area contributed by atoms with E-state index in [1.54, 1.807) is 23.9 Å². The van der Waals surface area contributed by atoms with Crippen LogP contribution in [0.15, 0.2) is 45.6 Å². The SMILES string of the molecule is CCn1cc2nc(Cl)nc(-c3cn(S(=O)(=O)/C(C)=C/C=C(C)C)c4cc(F)c(Br)c(C)c34)c2n1. The molecule has 178 valence electrons. The van der Waals surface area contributed by atoms with Crippen molar-refractivity contribution in [2.24, 2.45) is 0 Å². The van der Waals surface area contributed by atoms with Crippen molar-refractivity contribution in [2.75, 3.05) is 0 Å². The highest BCUT2D eigenvalue weighted by Crippen LogP contribution is 2.40. The van der Waals surface area contributed by atoms with Crippen molar-refractivity contribution in [1.29, 1.82) is 0 Å². The summed E-state index contributed by atoms with van der Waals surface area (Å²) in [6.07, 6.45) is 6.44. The van der Waals surface area contributed by atoms with Gasteiger partial charge in [-0.05, 0) is 73.8 Å². The van der Waals surface area contributed by atoms with E-state index >= 15 is 0 Å². The first-order chi connectivity index (χ1) is 15.9. The van der Waals surface area contributed by atoms with E-state index in [0.717, 1.165) is 9.55 Å². The van der Waals surface area contributed by atoms with Crippen LogP contribution in [0.5, 0.6) is 0 Å². The van der Waals surface area contributed by atoms with E-state index in [4.69, 9.17) is 11.6 Å². The number of aryl methyl sites for hydroxylation is 2. The van der Waals surface area contributed by atoms with E-state index in [9.17, 15) is 12.8 Å². The van der Waals surface area contributed by atoms with Gasteiger partial charge in [-0.3, -0.25) is 4.68 Å². The van der Waals surface area contributed by atoms with E-state index in [1.807, 2.05) is 20.8 Å². The van der Waals surface area contributed by atoms with Gasteiger partial charge in [0.25, 0.3) is 10.0 Å². The molecule has 0 radical (unpaired) electrons. The summed E-state index contributed by atoms with van der Waals surface area (Å²) in [6, 6.07) is 1.20. The van der Waals surface area contributed by atoms with Gasteiger partial charge < -0.3 is 0 Å². The lowest BCUT2D eigenvalue weighted by Crippen LogP contribution is -2.12. The highest BCUT2D eigenvalue weighted by Gasteiger charge is 2.26. The summed E-state index contributed by atoms with van der Waals surface area (Å²) >= 11 is 9.51. The number of fused-ring (bicyclic) bond motifs is 2. The van der Waals surface area contributed by atoms with E-state index in [0.29, 0.717) is 39.8 Å². The fraction of sp³-hybridized carbons (Fsp3) is 0.261. The zero-order chi connectivity index (χ0) is 24.9. The van der Waals surface area contributed by atoms with Crippen LogP contribution in [0.1, 0.15) is 33.3 Å². The molecule has 1 aromatic carbocycles. The molecule has 0 unspecified atom stereocenters. The molecule has 0 saturated heterocycles. The highest BCUT2D eigenvalue weighted by atomic mass is 79.9. The third kappa shape index (κ3) is 4.08. The lowest BCUT2D eigenvalue weighted by molar-refractivity contribution is 0.595. The van der Waals surface area contributed by atoms with Crippen molar-refractivity contribution < 1.29 is 12.8 Å². The quantitative estimate of drug-likeness (QED) is 0.207. The number of allylic oxidation sites excluding steroid dienone is 4. The van der Waals surface area contributed by atoms with Gasteiger partial charge in [0.2, 0.25) is 5.28 Å². The predicted molar refractivity (Wildman–Crippen MR) is 137 cm³/mol. The molecule has 0 aliphatic carbocycles. The van der Waals surface area contributed by atoms with Crippen LogP contribution in [0.3, 0.4) is 0 Å². The molecule has 4 rings (SSSR count). The smallest absolute Gasteiger partial charge is 0.264 e. The van der Waals surface area contributed by atoms with Gasteiger partial charge in [-0.15, -0.1) is 0 Å². The Bertz CT molecular complexity index is 1630. The van der Waals surface area contributed by atoms with Gasteiger partial charge in [0.05, 0.1) is 21.1 Å². The Morgan fingerprint density at radius 1 is 1.21 bits per heavy atom. The van der Waals surface area contributed by atoms with Gasteiger partial charge >= 0.3 is 0 Å². The second kappa shape index (κ2) is 8.90. The maximum Gasteiger partial charge on any atom is 0.264 e. The number of hydrogen-bond donors (Lipinski definition) is 0. The van der Waals surface area contributed by atoms with Crippen LogP contribution >= 0.6 is 27.5 Å². The Labute approximate surface area is 210 Å². The van der Waals surface area contributed by atoms with Crippen LogP contribution in [0, 0.1) is 12.7 Å². The van der Waals surface area contributed by atoms with Crippen LogP contribution in [-0.4, -0.2) is 32.1 Å². The van der Waals surface area contributed by atoms with Gasteiger partial charge in [0, 0.05) is 29.8 Å². The van der Waals surface area contributed by atoms with Crippen LogP contribution in [-0.2, 0) is 16.6 Å². The maximum absolute atomic E-state index is 14.8. The molecule has 7 nitrogen and oxygen atoms in total. The topological polar surface area (TPSA) is 82.7 Å². The second-order valence-corrected chi connectivity index (χ2v) is 11.2. The number of halogens is 3. The van der Waals surface area contributed by atoms with Gasteiger partial charge in [-0.2, -0.15) is 5.10 Å². The van der Waals surface area contributed by atoms with Crippen molar-refractivity contribution in [3.8, 4) is 11.3 Å². The average molecular weight is 567 g/mol. The van der Waals surface area contributed by atoms with Crippen LogP contribution in [0.25, 0.3) is 33.2 Å². The molecule has 3 aromatic heterocycles. The van der Waals surface area contributed by atoms with Gasteiger partial charge in [-0.25, -0.2) is 26.7 Å². The van der Waals surface area contributed by atoms with E-state index < -0.39 is 15.8 Å². The van der Waals surface area contributed by atoms with Gasteiger partial charge in [0.15, 0.2) is 0 Å². The third-order valence-electron chi connectivity index (χ3n) is 5.47. The molecule has 0 aliphatic rings. The molecular formula is C23H22BrClFN5O2S. The summed E-state index contributed by atoms with van der Waals surface area (Å²) in [4.78, 5) is 8.76. The molecule has 0 aliphatic heterocycles. The zero-order valence-electron chi connectivity index (χ0n) is 19.2. The fourth-order valence-corrected chi connectivity index (χ4v) is 5.37. The number of hydrogen-bond acceptors (Lipinski definition) is 5. The molecule has 0 N–H and O–H groups in total. The first-order valence-corrected chi connectivity index (χ1v) is 13.0. The molecule has 4 aromatic rings. The molecular weight excluding hydrogens is 545 g/mol. The lowest BCUT2D eigenvalue weighted by Gasteiger charge is -2.09. The Hall–Kier alpha value is -2.56. The summed E-state index contributed by atoms with van der Waals surface area (Å²) < 4.78 is 44.9. The van der Waals surface area contributed by atoms with E-state index in [-0.39, 0.29) is 20.2 Å². The van der Waals surface area contributed by atoms with Crippen molar-refractivity contribution in [1.82, 2.24) is 23.7 Å². The number of rotatable bonds is 5. The predicted octanol–water partition coefficient (Wildman–Crippen LogP) is 6.38. The molecule has 0 saturated carbocycles. The van der Waals surface area contributed by atoms with Crippen molar-refractivity contribution in [2.45, 2.75) is 41.2 Å². The maximum atomic E-state index is 14.8. The number of nitrogens with zero attached hydrogens (tertiary/aromatic N) is 5. The third-order valence-corrected chi connectivity index (χ3v) is 8.38. The summed E-state index contributed by atoms with van der Waals surface area (Å²) in [6.45, 7) is 9.50. The summed E-state index contributed by atoms with van der Waals surface area (Å²) in [7, 11) is -4.01. The normalized spacial score (nSPS) is 12.6. The molecule has 0 bridgehead atoms. The van der Waals surface area contributed by atoms with Crippen LogP contribution in [0.4, 0.5) is 4.39 Å². The van der Waals surface area contributed by atoms with Crippen LogP contribution in [0.2, 0.25) is 5.28 Å². The zero-order valence-corrected chi connectivity index (χ0v) is 22.3. The molecule has 0 atom stereocenters. The molecule has 11 heteroatoms. The van der Waals surface area contributed by atoms with E-state index in [2.05, 4.69) is 31.0 Å². The summed E-state index contributed by atoms with van der Waals surface area (Å²) in [5, 5.41) is 5.07. The first kappa shape index (κ1) is 24.6. The molecule has 3 heterocycles. The minimum Gasteiger partial charge on any atom is -0.270 e. The Balaban J connectivity index is 2.13. The highest BCUT2D eigenvalue weighted by molar-refractivity contribution is 9.10. The molecule has 0 fully saturated rings. The fourth-order valence-electron chi connectivity index (χ4n) is 3.69. The Morgan fingerprint density at radius 2 is 1.91 bits per heavy atom. The summed E-state index contributed by atoms with van der Waals surface area (Å²) in [5.74, 6) is -0.571. The average Bonchev–Trinajstić information content (AvgIpc) is 3.36. The Kier molecular flexibility index (Phi) is 6.43. The van der Waals surface area contributed by atoms with Crippen molar-refractivity contribution in [3.05, 3.63) is 62.2 Å². The molecule has 0 spiro atoms. The summed E-state index contributed by atoms with van der Waals surface area (Å²) in [5.41, 5.74) is 3.50. The van der Waals surface area contributed by atoms with Gasteiger partial charge in [-0.1, -0.05) is 11.6 Å². The Morgan fingerprint density at radius 3 is 2.56 bits per heavy atom. The number of benzene rings is 1. The minimum atomic E-state index is -4.01. The lowest BCUT2D eigenvalue weighted by atomic mass is 10.0. The standard InChI is InChI=1S/C23H22BrClFN5O2S/c1-6-30-11-17-22(29-30)21(28-23(25)27-17)15-10-31(34(32,33)13(4)8-7-12(2)3)18-9-16(26)20(24)14(5)19(15)18/h7-11H,6H2,1-5H3/b13-8+. The largest absolute Gasteiger partial charge is 0.270 e. The van der Waals surface area contributed by atoms with Crippen molar-refractivity contribution >= 4 is 59.5 Å². The van der Waals surface area contributed by atoms with Crippen molar-refractivity contribution in [3.63, 3.8) is 0 Å². The molecule has 34 heavy (non-hydrogen) atoms. The minimum absolute atomic E-state index is 0.000347. The monoisotopic (exact) mass is 565 g/mol. The van der Waals surface area contributed by atoms with Gasteiger partial charge in [0.1, 0.15) is 22.5 Å².